The zero-order chi connectivity index (χ0) is 12.8. The average Bonchev–Trinajstić information content (AvgIpc) is 2.66. The van der Waals surface area contributed by atoms with Crippen LogP contribution in [0.2, 0.25) is 5.02 Å². The summed E-state index contributed by atoms with van der Waals surface area (Å²) in [6.45, 7) is 0. The summed E-state index contributed by atoms with van der Waals surface area (Å²) in [5, 5.41) is 0.507. The van der Waals surface area contributed by atoms with Gasteiger partial charge >= 0.3 is 0 Å². The molecule has 5 heteroatoms. The Bertz CT molecular complexity index is 545. The van der Waals surface area contributed by atoms with Crippen LogP contribution in [0.15, 0.2) is 16.5 Å². The molecule has 1 aromatic carbocycles. The van der Waals surface area contributed by atoms with Gasteiger partial charge in [0.1, 0.15) is 5.52 Å². The average molecular weight is 267 g/mol. The molecule has 1 saturated carbocycles. The molecule has 0 unspecified atom stereocenters. The molecule has 1 aliphatic rings. The van der Waals surface area contributed by atoms with Gasteiger partial charge in [0.2, 0.25) is 0 Å². The van der Waals surface area contributed by atoms with Gasteiger partial charge in [0.25, 0.3) is 0 Å². The number of methoxy groups -OCH3 is 1. The third-order valence-corrected chi connectivity index (χ3v) is 4.05. The molecule has 0 radical (unpaired) electrons. The Morgan fingerprint density at radius 3 is 2.89 bits per heavy atom. The molecule has 1 heterocycles. The van der Waals surface area contributed by atoms with Crippen molar-refractivity contribution in [2.75, 3.05) is 12.8 Å². The van der Waals surface area contributed by atoms with Gasteiger partial charge in [-0.05, 0) is 25.3 Å². The molecule has 0 saturated heterocycles. The van der Waals surface area contributed by atoms with Gasteiger partial charge in [0.05, 0.1) is 22.7 Å². The van der Waals surface area contributed by atoms with Crippen molar-refractivity contribution in [3.63, 3.8) is 0 Å². The number of fused-ring (bicyclic) bond motifs is 1. The summed E-state index contributed by atoms with van der Waals surface area (Å²) in [5.41, 5.74) is 7.59. The van der Waals surface area contributed by atoms with Crippen LogP contribution in [-0.4, -0.2) is 17.7 Å². The summed E-state index contributed by atoms with van der Waals surface area (Å²) < 4.78 is 11.3. The van der Waals surface area contributed by atoms with Crippen molar-refractivity contribution in [2.45, 2.75) is 31.3 Å². The predicted octanol–water partition coefficient (Wildman–Crippen LogP) is 3.18. The first-order valence-electron chi connectivity index (χ1n) is 6.01. The van der Waals surface area contributed by atoms with E-state index in [0.29, 0.717) is 28.6 Å². The van der Waals surface area contributed by atoms with Crippen LogP contribution in [0.5, 0.6) is 0 Å². The first-order valence-corrected chi connectivity index (χ1v) is 6.39. The molecule has 0 aliphatic heterocycles. The van der Waals surface area contributed by atoms with Crippen LogP contribution in [0, 0.1) is 0 Å². The fourth-order valence-corrected chi connectivity index (χ4v) is 2.55. The van der Waals surface area contributed by atoms with E-state index in [1.807, 2.05) is 0 Å². The molecule has 1 aliphatic carbocycles. The number of benzene rings is 1. The summed E-state index contributed by atoms with van der Waals surface area (Å²) in [6.07, 6.45) is 4.03. The van der Waals surface area contributed by atoms with Gasteiger partial charge in [-0.2, -0.15) is 0 Å². The van der Waals surface area contributed by atoms with Crippen molar-refractivity contribution in [1.82, 2.24) is 4.98 Å². The topological polar surface area (TPSA) is 61.3 Å². The number of oxazole rings is 1. The fraction of sp³-hybridized carbons (Fsp3) is 0.462. The maximum absolute atomic E-state index is 5.96. The molecule has 2 aromatic rings. The van der Waals surface area contributed by atoms with E-state index in [2.05, 4.69) is 4.98 Å². The number of hydrogen-bond donors (Lipinski definition) is 1. The summed E-state index contributed by atoms with van der Waals surface area (Å²) in [5.74, 6) is 0.688. The maximum Gasteiger partial charge on any atom is 0.198 e. The Hall–Kier alpha value is -1.26. The van der Waals surface area contributed by atoms with E-state index in [9.17, 15) is 0 Å². The van der Waals surface area contributed by atoms with Crippen molar-refractivity contribution >= 4 is 28.4 Å². The van der Waals surface area contributed by atoms with Crippen LogP contribution < -0.4 is 5.73 Å². The Balaban J connectivity index is 1.93. The van der Waals surface area contributed by atoms with Crippen LogP contribution in [0.4, 0.5) is 5.69 Å². The van der Waals surface area contributed by atoms with Crippen molar-refractivity contribution in [3.05, 3.63) is 23.0 Å². The van der Waals surface area contributed by atoms with Gasteiger partial charge in [-0.3, -0.25) is 0 Å². The van der Waals surface area contributed by atoms with Gasteiger partial charge in [0, 0.05) is 13.2 Å². The van der Waals surface area contributed by atoms with Gasteiger partial charge in [0.15, 0.2) is 11.5 Å². The number of aromatic nitrogens is 1. The van der Waals surface area contributed by atoms with E-state index in [1.165, 1.54) is 6.42 Å². The summed E-state index contributed by atoms with van der Waals surface area (Å²) in [4.78, 5) is 4.44. The lowest BCUT2D eigenvalue weighted by Gasteiger charge is -2.39. The number of rotatable bonds is 3. The van der Waals surface area contributed by atoms with Crippen LogP contribution in [0.25, 0.3) is 11.1 Å². The first-order chi connectivity index (χ1) is 8.62. The highest BCUT2D eigenvalue weighted by atomic mass is 35.5. The number of anilines is 1. The third-order valence-electron chi connectivity index (χ3n) is 3.72. The lowest BCUT2D eigenvalue weighted by Crippen LogP contribution is -2.41. The summed E-state index contributed by atoms with van der Waals surface area (Å²) in [7, 11) is 1.75. The largest absolute Gasteiger partial charge is 0.441 e. The van der Waals surface area contributed by atoms with Crippen LogP contribution >= 0.6 is 11.6 Å². The molecule has 2 N–H and O–H groups in total. The second-order valence-corrected chi connectivity index (χ2v) is 5.27. The lowest BCUT2D eigenvalue weighted by atomic mass is 9.77. The monoisotopic (exact) mass is 266 g/mol. The SMILES string of the molecule is COC1(Cc2nc3cc(Cl)c(N)cc3o2)CCC1. The minimum absolute atomic E-state index is 0.0871. The third kappa shape index (κ3) is 1.85. The van der Waals surface area contributed by atoms with Crippen LogP contribution in [-0.2, 0) is 11.2 Å². The molecule has 3 rings (SSSR count). The van der Waals surface area contributed by atoms with E-state index >= 15 is 0 Å². The number of hydrogen-bond acceptors (Lipinski definition) is 4. The van der Waals surface area contributed by atoms with E-state index < -0.39 is 0 Å². The molecule has 0 atom stereocenters. The molecule has 96 valence electrons. The zero-order valence-electron chi connectivity index (χ0n) is 10.2. The first kappa shape index (κ1) is 11.8. The standard InChI is InChI=1S/C13H15ClN2O2/c1-17-13(3-2-4-13)7-12-16-10-5-8(14)9(15)6-11(10)18-12/h5-6H,2-4,7,15H2,1H3. The number of nitrogen functional groups attached to an aromatic ring is 1. The zero-order valence-corrected chi connectivity index (χ0v) is 11.0. The molecule has 4 nitrogen and oxygen atoms in total. The van der Waals surface area contributed by atoms with Crippen molar-refractivity contribution in [1.29, 1.82) is 0 Å². The van der Waals surface area contributed by atoms with Crippen LogP contribution in [0.1, 0.15) is 25.2 Å². The Labute approximate surface area is 110 Å². The Morgan fingerprint density at radius 2 is 2.28 bits per heavy atom. The molecule has 0 spiro atoms. The maximum atomic E-state index is 5.96. The second-order valence-electron chi connectivity index (χ2n) is 4.87. The molecular formula is C13H15ClN2O2. The van der Waals surface area contributed by atoms with Gasteiger partial charge in [-0.1, -0.05) is 11.6 Å². The molecular weight excluding hydrogens is 252 g/mol. The van der Waals surface area contributed by atoms with Crippen molar-refractivity contribution in [3.8, 4) is 0 Å². The van der Waals surface area contributed by atoms with Crippen molar-refractivity contribution in [2.24, 2.45) is 0 Å². The van der Waals surface area contributed by atoms with E-state index in [4.69, 9.17) is 26.5 Å². The molecule has 0 amide bonds. The summed E-state index contributed by atoms with van der Waals surface area (Å²) >= 11 is 5.96. The number of ether oxygens (including phenoxy) is 1. The minimum Gasteiger partial charge on any atom is -0.441 e. The molecule has 0 bridgehead atoms. The Kier molecular flexibility index (Phi) is 2.72. The number of nitrogens with zero attached hydrogens (tertiary/aromatic N) is 1. The predicted molar refractivity (Wildman–Crippen MR) is 70.7 cm³/mol. The minimum atomic E-state index is -0.0871. The highest BCUT2D eigenvalue weighted by Gasteiger charge is 2.38. The van der Waals surface area contributed by atoms with Gasteiger partial charge in [-0.25, -0.2) is 4.98 Å². The van der Waals surface area contributed by atoms with Gasteiger partial charge < -0.3 is 14.9 Å². The molecule has 18 heavy (non-hydrogen) atoms. The van der Waals surface area contributed by atoms with Crippen LogP contribution in [0.3, 0.4) is 0 Å². The smallest absolute Gasteiger partial charge is 0.198 e. The fourth-order valence-electron chi connectivity index (χ4n) is 2.39. The highest BCUT2D eigenvalue weighted by molar-refractivity contribution is 6.33. The normalized spacial score (nSPS) is 17.9. The summed E-state index contributed by atoms with van der Waals surface area (Å²) in [6, 6.07) is 3.45. The second kappa shape index (κ2) is 4.14. The van der Waals surface area contributed by atoms with E-state index in [0.717, 1.165) is 18.4 Å². The quantitative estimate of drug-likeness (QED) is 0.867. The highest BCUT2D eigenvalue weighted by Crippen LogP contribution is 2.38. The van der Waals surface area contributed by atoms with E-state index in [-0.39, 0.29) is 5.60 Å². The number of halogens is 1. The number of nitrogens with two attached hydrogens (primary N) is 1. The molecule has 1 fully saturated rings. The molecule has 1 aromatic heterocycles. The Morgan fingerprint density at radius 1 is 1.50 bits per heavy atom. The van der Waals surface area contributed by atoms with E-state index in [1.54, 1.807) is 19.2 Å². The van der Waals surface area contributed by atoms with Gasteiger partial charge in [-0.15, -0.1) is 0 Å². The lowest BCUT2D eigenvalue weighted by molar-refractivity contribution is -0.0743. The van der Waals surface area contributed by atoms with Crippen molar-refractivity contribution < 1.29 is 9.15 Å².